The molecule has 0 radical (unpaired) electrons. The van der Waals surface area contributed by atoms with E-state index < -0.39 is 0 Å². The molecular weight excluding hydrogens is 222 g/mol. The standard InChI is InChI=1S/C15H27N3/c1-11(2)13(9-16-15(4,5)6)8-14-10-17-18(7)12(14)3/h8,10-11,16H,9H2,1-7H3. The molecule has 0 aliphatic carbocycles. The molecule has 0 fully saturated rings. The van der Waals surface area contributed by atoms with Gasteiger partial charge in [-0.1, -0.05) is 25.5 Å². The molecule has 0 unspecified atom stereocenters. The van der Waals surface area contributed by atoms with Crippen molar-refractivity contribution in [1.29, 1.82) is 0 Å². The summed E-state index contributed by atoms with van der Waals surface area (Å²) in [7, 11) is 1.98. The van der Waals surface area contributed by atoms with Gasteiger partial charge in [0.15, 0.2) is 0 Å². The third-order valence-corrected chi connectivity index (χ3v) is 3.18. The van der Waals surface area contributed by atoms with Crippen LogP contribution in [0.5, 0.6) is 0 Å². The first-order valence-electron chi connectivity index (χ1n) is 6.65. The van der Waals surface area contributed by atoms with Crippen LogP contribution < -0.4 is 5.32 Å². The normalized spacial score (nSPS) is 13.4. The van der Waals surface area contributed by atoms with E-state index in [4.69, 9.17) is 0 Å². The molecule has 0 aliphatic heterocycles. The van der Waals surface area contributed by atoms with Crippen molar-refractivity contribution in [3.8, 4) is 0 Å². The number of nitrogens with one attached hydrogen (secondary N) is 1. The highest BCUT2D eigenvalue weighted by molar-refractivity contribution is 5.55. The first-order valence-corrected chi connectivity index (χ1v) is 6.65. The van der Waals surface area contributed by atoms with E-state index in [1.54, 1.807) is 0 Å². The maximum absolute atomic E-state index is 4.29. The molecule has 1 N–H and O–H groups in total. The fraction of sp³-hybridized carbons (Fsp3) is 0.667. The van der Waals surface area contributed by atoms with Gasteiger partial charge in [0.25, 0.3) is 0 Å². The van der Waals surface area contributed by atoms with Crippen molar-refractivity contribution in [3.63, 3.8) is 0 Å². The molecule has 102 valence electrons. The topological polar surface area (TPSA) is 29.9 Å². The fourth-order valence-corrected chi connectivity index (χ4v) is 1.65. The van der Waals surface area contributed by atoms with Crippen molar-refractivity contribution in [2.45, 2.75) is 47.1 Å². The lowest BCUT2D eigenvalue weighted by Crippen LogP contribution is -2.37. The predicted octanol–water partition coefficient (Wildman–Crippen LogP) is 3.16. The van der Waals surface area contributed by atoms with Gasteiger partial charge in [0.2, 0.25) is 0 Å². The number of aryl methyl sites for hydroxylation is 1. The van der Waals surface area contributed by atoms with Gasteiger partial charge in [0, 0.05) is 30.4 Å². The largest absolute Gasteiger partial charge is 0.308 e. The van der Waals surface area contributed by atoms with Crippen LogP contribution in [0.25, 0.3) is 6.08 Å². The van der Waals surface area contributed by atoms with Crippen molar-refractivity contribution in [2.75, 3.05) is 6.54 Å². The summed E-state index contributed by atoms with van der Waals surface area (Å²) < 4.78 is 1.92. The lowest BCUT2D eigenvalue weighted by molar-refractivity contribution is 0.437. The van der Waals surface area contributed by atoms with E-state index in [0.29, 0.717) is 5.92 Å². The molecule has 0 atom stereocenters. The molecule has 3 heteroatoms. The Bertz CT molecular complexity index is 419. The van der Waals surface area contributed by atoms with E-state index in [1.807, 2.05) is 17.9 Å². The number of hydrogen-bond donors (Lipinski definition) is 1. The van der Waals surface area contributed by atoms with Crippen LogP contribution in [0.4, 0.5) is 0 Å². The van der Waals surface area contributed by atoms with E-state index in [9.17, 15) is 0 Å². The molecule has 0 bridgehead atoms. The van der Waals surface area contributed by atoms with Crippen LogP contribution in [0.3, 0.4) is 0 Å². The quantitative estimate of drug-likeness (QED) is 0.888. The number of aromatic nitrogens is 2. The minimum atomic E-state index is 0.151. The summed E-state index contributed by atoms with van der Waals surface area (Å²) in [5, 5.41) is 7.84. The molecule has 3 nitrogen and oxygen atoms in total. The summed E-state index contributed by atoms with van der Waals surface area (Å²) in [6, 6.07) is 0. The summed E-state index contributed by atoms with van der Waals surface area (Å²) in [6.45, 7) is 14.1. The molecule has 0 spiro atoms. The lowest BCUT2D eigenvalue weighted by atomic mass is 9.99. The van der Waals surface area contributed by atoms with Gasteiger partial charge in [-0.05, 0) is 33.6 Å². The van der Waals surface area contributed by atoms with E-state index in [-0.39, 0.29) is 5.54 Å². The maximum atomic E-state index is 4.29. The second-order valence-corrected chi connectivity index (χ2v) is 6.29. The van der Waals surface area contributed by atoms with Crippen LogP contribution in [0.1, 0.15) is 45.9 Å². The summed E-state index contributed by atoms with van der Waals surface area (Å²) in [5.74, 6) is 0.541. The summed E-state index contributed by atoms with van der Waals surface area (Å²) >= 11 is 0. The highest BCUT2D eigenvalue weighted by Gasteiger charge is 2.12. The Hall–Kier alpha value is -1.09. The minimum Gasteiger partial charge on any atom is -0.308 e. The van der Waals surface area contributed by atoms with Crippen LogP contribution in [-0.4, -0.2) is 21.9 Å². The zero-order chi connectivity index (χ0) is 13.9. The van der Waals surface area contributed by atoms with Crippen LogP contribution in [0, 0.1) is 12.8 Å². The van der Waals surface area contributed by atoms with Crippen LogP contribution >= 0.6 is 0 Å². The van der Waals surface area contributed by atoms with Crippen molar-refractivity contribution in [2.24, 2.45) is 13.0 Å². The Kier molecular flexibility index (Phi) is 4.74. The minimum absolute atomic E-state index is 0.151. The summed E-state index contributed by atoms with van der Waals surface area (Å²) in [6.07, 6.45) is 4.21. The SMILES string of the molecule is Cc1c(C=C(CNC(C)(C)C)C(C)C)cnn1C. The zero-order valence-electron chi connectivity index (χ0n) is 12.8. The molecule has 1 aromatic rings. The monoisotopic (exact) mass is 249 g/mol. The van der Waals surface area contributed by atoms with E-state index >= 15 is 0 Å². The molecule has 0 saturated heterocycles. The van der Waals surface area contributed by atoms with Crippen LogP contribution in [-0.2, 0) is 7.05 Å². The van der Waals surface area contributed by atoms with Crippen molar-refractivity contribution < 1.29 is 0 Å². The van der Waals surface area contributed by atoms with Crippen LogP contribution in [0.2, 0.25) is 0 Å². The highest BCUT2D eigenvalue weighted by atomic mass is 15.3. The number of rotatable bonds is 4. The van der Waals surface area contributed by atoms with E-state index in [0.717, 1.165) is 6.54 Å². The van der Waals surface area contributed by atoms with Gasteiger partial charge >= 0.3 is 0 Å². The van der Waals surface area contributed by atoms with Gasteiger partial charge in [-0.3, -0.25) is 4.68 Å². The molecule has 1 heterocycles. The van der Waals surface area contributed by atoms with Gasteiger partial charge in [-0.2, -0.15) is 5.10 Å². The molecule has 18 heavy (non-hydrogen) atoms. The second kappa shape index (κ2) is 5.70. The fourth-order valence-electron chi connectivity index (χ4n) is 1.65. The van der Waals surface area contributed by atoms with Crippen molar-refractivity contribution in [3.05, 3.63) is 23.0 Å². The van der Waals surface area contributed by atoms with E-state index in [2.05, 4.69) is 58.0 Å². The third-order valence-electron chi connectivity index (χ3n) is 3.18. The number of hydrogen-bond acceptors (Lipinski definition) is 2. The molecule has 0 amide bonds. The van der Waals surface area contributed by atoms with Gasteiger partial charge in [0.1, 0.15) is 0 Å². The Morgan fingerprint density at radius 1 is 1.44 bits per heavy atom. The number of nitrogens with zero attached hydrogens (tertiary/aromatic N) is 2. The third kappa shape index (κ3) is 4.30. The van der Waals surface area contributed by atoms with Crippen LogP contribution in [0.15, 0.2) is 11.8 Å². The van der Waals surface area contributed by atoms with Crippen molar-refractivity contribution >= 4 is 6.08 Å². The lowest BCUT2D eigenvalue weighted by Gasteiger charge is -2.23. The van der Waals surface area contributed by atoms with Gasteiger partial charge < -0.3 is 5.32 Å². The molecule has 0 aromatic carbocycles. The zero-order valence-corrected chi connectivity index (χ0v) is 12.8. The molecule has 1 aromatic heterocycles. The van der Waals surface area contributed by atoms with E-state index in [1.165, 1.54) is 16.8 Å². The van der Waals surface area contributed by atoms with Crippen molar-refractivity contribution in [1.82, 2.24) is 15.1 Å². The molecule has 0 saturated carbocycles. The van der Waals surface area contributed by atoms with Gasteiger partial charge in [-0.25, -0.2) is 0 Å². The first-order chi connectivity index (χ1) is 8.20. The Balaban J connectivity index is 2.88. The smallest absolute Gasteiger partial charge is 0.0564 e. The molecule has 0 aliphatic rings. The maximum Gasteiger partial charge on any atom is 0.0564 e. The predicted molar refractivity (Wildman–Crippen MR) is 78.5 cm³/mol. The average Bonchev–Trinajstić information content (AvgIpc) is 2.53. The molecular formula is C15H27N3. The second-order valence-electron chi connectivity index (χ2n) is 6.29. The summed E-state index contributed by atoms with van der Waals surface area (Å²) in [5.41, 5.74) is 4.00. The Morgan fingerprint density at radius 3 is 2.44 bits per heavy atom. The Labute approximate surface area is 111 Å². The Morgan fingerprint density at radius 2 is 2.06 bits per heavy atom. The van der Waals surface area contributed by atoms with Gasteiger partial charge in [0.05, 0.1) is 6.20 Å². The highest BCUT2D eigenvalue weighted by Crippen LogP contribution is 2.17. The summed E-state index contributed by atoms with van der Waals surface area (Å²) in [4.78, 5) is 0. The molecule has 1 rings (SSSR count). The first kappa shape index (κ1) is 15.0. The van der Waals surface area contributed by atoms with Gasteiger partial charge in [-0.15, -0.1) is 0 Å². The average molecular weight is 249 g/mol.